The molecule has 1 atom stereocenters. The summed E-state index contributed by atoms with van der Waals surface area (Å²) >= 11 is 0. The largest absolute Gasteiger partial charge is 0.497 e. The number of rotatable bonds is 5. The zero-order valence-electron chi connectivity index (χ0n) is 52.0. The number of nitrogens with one attached hydrogen (secondary N) is 1. The number of fused-ring (bicyclic) bond motifs is 6. The average Bonchev–Trinajstić information content (AvgIpc) is 1.48. The lowest BCUT2D eigenvalue weighted by Crippen LogP contribution is -2.39. The lowest BCUT2D eigenvalue weighted by atomic mass is 9.85. The number of terminal acetylenes is 1. The molecule has 0 spiro atoms. The highest BCUT2D eigenvalue weighted by Gasteiger charge is 2.35. The van der Waals surface area contributed by atoms with Crippen LogP contribution in [0.2, 0.25) is 0 Å². The highest BCUT2D eigenvalue weighted by Crippen LogP contribution is 2.44. The summed E-state index contributed by atoms with van der Waals surface area (Å²) in [6.07, 6.45) is 6.88. The van der Waals surface area contributed by atoms with Gasteiger partial charge in [0.15, 0.2) is 17.2 Å². The Bertz CT molecular complexity index is 6170. The van der Waals surface area contributed by atoms with E-state index in [-0.39, 0.29) is 0 Å². The zero-order valence-corrected chi connectivity index (χ0v) is 52.0. The second-order valence-electron chi connectivity index (χ2n) is 17.0. The molecular weight excluding hydrogens is 1200 g/mol. The first kappa shape index (κ1) is 71.2. The van der Waals surface area contributed by atoms with Crippen LogP contribution in [-0.4, -0.2) is 30.6 Å². The Hall–Kier alpha value is -17.6. The number of hydrogen-bond acceptors (Lipinski definition) is 4. The SMILES string of the molecule is C#CC#CC#CC#CC#CC#CC#CC#CC#CC#CC#CC#CC#CC#CC#CC#CC#CC#CC#CC#CC#CC#CC#CC#CC#CC#CC#CC#CC#CC#CC#CC.[C-]#[N+]c1ccc(COc2cc3c(cc2OC)C2Cc4c([nH]c5ccc(OC)cc45)CN2CC3)cc1. The molecule has 0 amide bonds. The van der Waals surface area contributed by atoms with Crippen LogP contribution in [0.25, 0.3) is 15.7 Å². The van der Waals surface area contributed by atoms with Crippen LogP contribution in [-0.2, 0) is 26.0 Å². The molecular formula is C92H31N3O3. The number of hydrogen-bond donors (Lipinski definition) is 1. The number of benzene rings is 3. The van der Waals surface area contributed by atoms with Crippen LogP contribution in [0.3, 0.4) is 0 Å². The van der Waals surface area contributed by atoms with Gasteiger partial charge in [0, 0.05) is 296 Å². The highest BCUT2D eigenvalue weighted by molar-refractivity contribution is 5.86. The first-order valence-corrected chi connectivity index (χ1v) is 27.7. The Morgan fingerprint density at radius 3 is 1.12 bits per heavy atom. The summed E-state index contributed by atoms with van der Waals surface area (Å²) in [5.41, 5.74) is 8.17. The van der Waals surface area contributed by atoms with E-state index in [4.69, 9.17) is 27.2 Å². The van der Waals surface area contributed by atoms with Gasteiger partial charge < -0.3 is 19.2 Å². The van der Waals surface area contributed by atoms with Gasteiger partial charge in [0.25, 0.3) is 0 Å². The molecule has 432 valence electrons. The molecule has 0 bridgehead atoms. The van der Waals surface area contributed by atoms with Gasteiger partial charge in [0.2, 0.25) is 0 Å². The molecule has 1 aromatic heterocycles. The van der Waals surface area contributed by atoms with E-state index in [2.05, 4.69) is 400 Å². The molecule has 6 rings (SSSR count). The standard InChI is InChI=1S/C63H4.C29H27N3O3/c1-3-5-7-9-11-13-15-17-19-21-23-25-27-29-31-33-35-37-39-41-43-45-47-49-51-53-55-57-59-61-63-62-60-58-56-54-52-50-48-46-44-42-40-38-36-34-32-30-28-26-24-22-20-18-16-14-12-10-8-6-4-2;1-30-20-6-4-18(5-7-20)17-35-29-12-19-10-11-32-16-26-24(14-27(32)22(19)15-28(29)34-3)23-13-21(33-2)8-9-25(23)31-26/h1H,2H3;4-9,12-13,15,27,31H,10-11,14,16-17H2,2-3H3. The summed E-state index contributed by atoms with van der Waals surface area (Å²) in [5.74, 6) is 154. The van der Waals surface area contributed by atoms with E-state index in [9.17, 15) is 0 Å². The monoisotopic (exact) mass is 1230 g/mol. The van der Waals surface area contributed by atoms with Gasteiger partial charge in [-0.3, -0.25) is 4.90 Å². The molecule has 3 aromatic carbocycles. The van der Waals surface area contributed by atoms with Crippen molar-refractivity contribution in [2.45, 2.75) is 39.0 Å². The van der Waals surface area contributed by atoms with Crippen LogP contribution in [0, 0.1) is 374 Å². The Morgan fingerprint density at radius 2 is 0.796 bits per heavy atom. The molecule has 0 saturated heterocycles. The first-order valence-electron chi connectivity index (χ1n) is 27.7. The van der Waals surface area contributed by atoms with Crippen molar-refractivity contribution in [3.05, 3.63) is 94.0 Å². The van der Waals surface area contributed by atoms with E-state index in [1.54, 1.807) is 21.1 Å². The number of nitrogens with zero attached hydrogens (tertiary/aromatic N) is 2. The van der Waals surface area contributed by atoms with Gasteiger partial charge in [-0.05, 0) is 167 Å². The van der Waals surface area contributed by atoms with Gasteiger partial charge in [-0.25, -0.2) is 4.85 Å². The minimum Gasteiger partial charge on any atom is -0.497 e. The summed E-state index contributed by atoms with van der Waals surface area (Å²) in [5, 5.41) is 1.25. The number of aromatic nitrogens is 1. The van der Waals surface area contributed by atoms with E-state index in [0.717, 1.165) is 48.7 Å². The molecule has 6 heteroatoms. The highest BCUT2D eigenvalue weighted by atomic mass is 16.5. The van der Waals surface area contributed by atoms with Crippen LogP contribution in [0.4, 0.5) is 5.69 Å². The minimum atomic E-state index is 0.306. The van der Waals surface area contributed by atoms with Crippen LogP contribution < -0.4 is 14.2 Å². The maximum absolute atomic E-state index is 7.11. The number of methoxy groups -OCH3 is 2. The van der Waals surface area contributed by atoms with Gasteiger partial charge in [-0.2, -0.15) is 0 Å². The molecule has 2 aliphatic heterocycles. The van der Waals surface area contributed by atoms with Crippen molar-refractivity contribution in [3.8, 4) is 385 Å². The van der Waals surface area contributed by atoms with Crippen LogP contribution in [0.15, 0.2) is 54.6 Å². The van der Waals surface area contributed by atoms with E-state index in [1.165, 1.54) is 33.3 Å². The van der Waals surface area contributed by atoms with Gasteiger partial charge in [-0.15, -0.1) is 6.42 Å². The Labute approximate surface area is 575 Å². The lowest BCUT2D eigenvalue weighted by Gasteiger charge is -2.40. The summed E-state index contributed by atoms with van der Waals surface area (Å²) in [7, 11) is 3.42. The second kappa shape index (κ2) is 47.5. The van der Waals surface area contributed by atoms with E-state index >= 15 is 0 Å². The molecule has 1 unspecified atom stereocenters. The summed E-state index contributed by atoms with van der Waals surface area (Å²) in [6.45, 7) is 11.2. The number of aromatic amines is 1. The van der Waals surface area contributed by atoms with E-state index in [1.807, 2.05) is 30.3 Å². The fourth-order valence-corrected chi connectivity index (χ4v) is 7.34. The van der Waals surface area contributed by atoms with Crippen molar-refractivity contribution in [2.75, 3.05) is 20.8 Å². The smallest absolute Gasteiger partial charge is 0.187 e. The van der Waals surface area contributed by atoms with Crippen LogP contribution >= 0.6 is 0 Å². The Kier molecular flexibility index (Phi) is 34.5. The maximum Gasteiger partial charge on any atom is 0.187 e. The van der Waals surface area contributed by atoms with E-state index < -0.39 is 0 Å². The summed E-state index contributed by atoms with van der Waals surface area (Å²) in [4.78, 5) is 9.65. The predicted molar refractivity (Wildman–Crippen MR) is 383 cm³/mol. The van der Waals surface area contributed by atoms with Gasteiger partial charge in [-0.1, -0.05) is 30.2 Å². The van der Waals surface area contributed by atoms with Gasteiger partial charge in [0.1, 0.15) is 12.4 Å². The molecule has 0 saturated carbocycles. The van der Waals surface area contributed by atoms with Crippen LogP contribution in [0.1, 0.15) is 40.9 Å². The third-order valence-corrected chi connectivity index (χ3v) is 11.1. The number of ether oxygens (including phenoxy) is 3. The molecule has 1 N–H and O–H groups in total. The topological polar surface area (TPSA) is 51.1 Å². The third kappa shape index (κ3) is 29.9. The van der Waals surface area contributed by atoms with Crippen LogP contribution in [0.5, 0.6) is 17.2 Å². The fraction of sp³-hybridized carbons (Fsp3) is 0.0978. The second-order valence-corrected chi connectivity index (χ2v) is 17.0. The molecule has 2 aliphatic rings. The van der Waals surface area contributed by atoms with Crippen molar-refractivity contribution in [1.29, 1.82) is 0 Å². The molecule has 0 radical (unpaired) electrons. The maximum atomic E-state index is 7.11. The normalized spacial score (nSPS) is 8.48. The summed E-state index contributed by atoms with van der Waals surface area (Å²) in [6, 6.07) is 18.4. The van der Waals surface area contributed by atoms with Crippen molar-refractivity contribution >= 4 is 16.6 Å². The van der Waals surface area contributed by atoms with Crippen molar-refractivity contribution in [3.63, 3.8) is 0 Å². The van der Waals surface area contributed by atoms with Crippen molar-refractivity contribution < 1.29 is 14.2 Å². The third-order valence-electron chi connectivity index (χ3n) is 11.1. The predicted octanol–water partition coefficient (Wildman–Crippen LogP) is 6.71. The Morgan fingerprint density at radius 1 is 0.439 bits per heavy atom. The van der Waals surface area contributed by atoms with Gasteiger partial charge in [0.05, 0.1) is 20.8 Å². The molecule has 0 aliphatic carbocycles. The van der Waals surface area contributed by atoms with E-state index in [0.29, 0.717) is 18.3 Å². The first-order chi connectivity index (χ1) is 48.6. The minimum absolute atomic E-state index is 0.306. The summed E-state index contributed by atoms with van der Waals surface area (Å²) < 4.78 is 17.4. The molecule has 0 fully saturated rings. The average molecular weight is 1230 g/mol. The molecule has 98 heavy (non-hydrogen) atoms. The fourth-order valence-electron chi connectivity index (χ4n) is 7.34. The zero-order chi connectivity index (χ0) is 69.1. The lowest BCUT2D eigenvalue weighted by molar-refractivity contribution is 0.158. The van der Waals surface area contributed by atoms with Gasteiger partial charge >= 0.3 is 0 Å². The quantitative estimate of drug-likeness (QED) is 0.179. The molecule has 4 aromatic rings. The van der Waals surface area contributed by atoms with Crippen molar-refractivity contribution in [2.24, 2.45) is 0 Å². The Balaban J connectivity index is 0.000000409. The number of H-pyrrole nitrogens is 1. The molecule has 3 heterocycles. The van der Waals surface area contributed by atoms with Crippen molar-refractivity contribution in [1.82, 2.24) is 9.88 Å². The molecule has 6 nitrogen and oxygen atoms in total.